The van der Waals surface area contributed by atoms with Gasteiger partial charge in [-0.05, 0) is 24.6 Å². The van der Waals surface area contributed by atoms with Gasteiger partial charge in [0, 0.05) is 7.05 Å². The molecule has 1 aromatic rings. The molecule has 92 valence electrons. The maximum Gasteiger partial charge on any atom is 0.239 e. The summed E-state index contributed by atoms with van der Waals surface area (Å²) in [6.07, 6.45) is 0. The lowest BCUT2D eigenvalue weighted by atomic mass is 10.3. The third kappa shape index (κ3) is 4.59. The SMILES string of the molecule is C=C(C)COc1ccccc1NCC(=O)NC. The van der Waals surface area contributed by atoms with E-state index in [0.717, 1.165) is 17.0 Å². The fourth-order valence-corrected chi connectivity index (χ4v) is 1.20. The van der Waals surface area contributed by atoms with Crippen LogP contribution in [-0.4, -0.2) is 26.1 Å². The number of benzene rings is 1. The van der Waals surface area contributed by atoms with E-state index in [1.807, 2.05) is 31.2 Å². The molecule has 2 N–H and O–H groups in total. The molecule has 0 aromatic heterocycles. The van der Waals surface area contributed by atoms with Crippen LogP contribution < -0.4 is 15.4 Å². The second-order valence-corrected chi connectivity index (χ2v) is 3.77. The number of nitrogens with one attached hydrogen (secondary N) is 2. The van der Waals surface area contributed by atoms with E-state index in [1.165, 1.54) is 0 Å². The fraction of sp³-hybridized carbons (Fsp3) is 0.308. The van der Waals surface area contributed by atoms with Gasteiger partial charge in [0.05, 0.1) is 12.2 Å². The van der Waals surface area contributed by atoms with Crippen molar-refractivity contribution in [2.75, 3.05) is 25.5 Å². The third-order valence-corrected chi connectivity index (χ3v) is 2.08. The number of hydrogen-bond acceptors (Lipinski definition) is 3. The van der Waals surface area contributed by atoms with E-state index in [-0.39, 0.29) is 12.5 Å². The van der Waals surface area contributed by atoms with E-state index in [4.69, 9.17) is 4.74 Å². The van der Waals surface area contributed by atoms with E-state index >= 15 is 0 Å². The van der Waals surface area contributed by atoms with Crippen LogP contribution in [0.15, 0.2) is 36.4 Å². The minimum Gasteiger partial charge on any atom is -0.487 e. The van der Waals surface area contributed by atoms with Gasteiger partial charge in [-0.25, -0.2) is 0 Å². The molecule has 0 fully saturated rings. The molecule has 1 amide bonds. The molecular weight excluding hydrogens is 216 g/mol. The molecule has 0 bridgehead atoms. The molecule has 0 heterocycles. The van der Waals surface area contributed by atoms with Gasteiger partial charge in [-0.2, -0.15) is 0 Å². The van der Waals surface area contributed by atoms with E-state index < -0.39 is 0 Å². The van der Waals surface area contributed by atoms with E-state index in [1.54, 1.807) is 7.05 Å². The van der Waals surface area contributed by atoms with Crippen LogP contribution in [-0.2, 0) is 4.79 Å². The molecule has 0 spiro atoms. The van der Waals surface area contributed by atoms with Gasteiger partial charge >= 0.3 is 0 Å². The first kappa shape index (κ1) is 13.1. The highest BCUT2D eigenvalue weighted by molar-refractivity contribution is 5.80. The maximum atomic E-state index is 11.1. The normalized spacial score (nSPS) is 9.53. The number of carbonyl (C=O) groups excluding carboxylic acids is 1. The lowest BCUT2D eigenvalue weighted by molar-refractivity contribution is -0.118. The number of rotatable bonds is 6. The highest BCUT2D eigenvalue weighted by Gasteiger charge is 2.04. The van der Waals surface area contributed by atoms with E-state index in [0.29, 0.717) is 6.61 Å². The molecule has 0 unspecified atom stereocenters. The van der Waals surface area contributed by atoms with Crippen molar-refractivity contribution >= 4 is 11.6 Å². The molecule has 1 rings (SSSR count). The van der Waals surface area contributed by atoms with Crippen molar-refractivity contribution in [2.24, 2.45) is 0 Å². The molecule has 0 atom stereocenters. The van der Waals surface area contributed by atoms with Crippen LogP contribution in [0, 0.1) is 0 Å². The summed E-state index contributed by atoms with van der Waals surface area (Å²) in [6, 6.07) is 7.50. The monoisotopic (exact) mass is 234 g/mol. The maximum absolute atomic E-state index is 11.1. The first-order valence-electron chi connectivity index (χ1n) is 5.44. The number of carbonyl (C=O) groups is 1. The summed E-state index contributed by atoms with van der Waals surface area (Å²) in [6.45, 7) is 6.38. The van der Waals surface area contributed by atoms with Crippen molar-refractivity contribution in [1.29, 1.82) is 0 Å². The highest BCUT2D eigenvalue weighted by Crippen LogP contribution is 2.23. The Morgan fingerprint density at radius 3 is 2.76 bits per heavy atom. The average molecular weight is 234 g/mol. The molecule has 0 aliphatic rings. The molecule has 0 aliphatic carbocycles. The summed E-state index contributed by atoms with van der Waals surface area (Å²) in [7, 11) is 1.60. The van der Waals surface area contributed by atoms with E-state index in [2.05, 4.69) is 17.2 Å². The van der Waals surface area contributed by atoms with Crippen LogP contribution in [0.1, 0.15) is 6.92 Å². The van der Waals surface area contributed by atoms with Crippen LogP contribution in [0.4, 0.5) is 5.69 Å². The zero-order valence-corrected chi connectivity index (χ0v) is 10.2. The smallest absolute Gasteiger partial charge is 0.239 e. The van der Waals surface area contributed by atoms with Crippen molar-refractivity contribution in [3.8, 4) is 5.75 Å². The van der Waals surface area contributed by atoms with Gasteiger partial charge in [-0.15, -0.1) is 0 Å². The fourth-order valence-electron chi connectivity index (χ4n) is 1.20. The van der Waals surface area contributed by atoms with Gasteiger partial charge in [0.15, 0.2) is 0 Å². The number of hydrogen-bond donors (Lipinski definition) is 2. The predicted octanol–water partition coefficient (Wildman–Crippen LogP) is 1.80. The Bertz CT molecular complexity index is 402. The van der Waals surface area contributed by atoms with Crippen LogP contribution in [0.5, 0.6) is 5.75 Å². The minimum atomic E-state index is -0.0697. The molecule has 1 aromatic carbocycles. The number of likely N-dealkylation sites (N-methyl/N-ethyl adjacent to an activating group) is 1. The quantitative estimate of drug-likeness (QED) is 0.738. The van der Waals surface area contributed by atoms with Gasteiger partial charge < -0.3 is 15.4 Å². The van der Waals surface area contributed by atoms with Crippen molar-refractivity contribution in [3.05, 3.63) is 36.4 Å². The Morgan fingerprint density at radius 1 is 1.41 bits per heavy atom. The Labute approximate surface area is 102 Å². The Morgan fingerprint density at radius 2 is 2.12 bits per heavy atom. The van der Waals surface area contributed by atoms with Gasteiger partial charge in [-0.3, -0.25) is 4.79 Å². The first-order chi connectivity index (χ1) is 8.13. The zero-order valence-electron chi connectivity index (χ0n) is 10.2. The second kappa shape index (κ2) is 6.58. The molecule has 4 heteroatoms. The average Bonchev–Trinajstić information content (AvgIpc) is 2.34. The summed E-state index contributed by atoms with van der Waals surface area (Å²) in [5, 5.41) is 5.57. The first-order valence-corrected chi connectivity index (χ1v) is 5.44. The Hall–Kier alpha value is -1.97. The van der Waals surface area contributed by atoms with E-state index in [9.17, 15) is 4.79 Å². The van der Waals surface area contributed by atoms with Crippen molar-refractivity contribution in [1.82, 2.24) is 5.32 Å². The summed E-state index contributed by atoms with van der Waals surface area (Å²) in [5.74, 6) is 0.652. The summed E-state index contributed by atoms with van der Waals surface area (Å²) < 4.78 is 5.57. The minimum absolute atomic E-state index is 0.0697. The van der Waals surface area contributed by atoms with Crippen molar-refractivity contribution in [2.45, 2.75) is 6.92 Å². The van der Waals surface area contributed by atoms with Crippen molar-refractivity contribution < 1.29 is 9.53 Å². The van der Waals surface area contributed by atoms with Gasteiger partial charge in [0.2, 0.25) is 5.91 Å². The second-order valence-electron chi connectivity index (χ2n) is 3.77. The molecule has 0 saturated carbocycles. The largest absolute Gasteiger partial charge is 0.487 e. The van der Waals surface area contributed by atoms with Gasteiger partial charge in [0.25, 0.3) is 0 Å². The standard InChI is InChI=1S/C13H18N2O2/c1-10(2)9-17-12-7-5-4-6-11(12)15-8-13(16)14-3/h4-7,15H,1,8-9H2,2-3H3,(H,14,16). The third-order valence-electron chi connectivity index (χ3n) is 2.08. The van der Waals surface area contributed by atoms with Crippen LogP contribution in [0.3, 0.4) is 0 Å². The summed E-state index contributed by atoms with van der Waals surface area (Å²) in [4.78, 5) is 11.1. The summed E-state index contributed by atoms with van der Waals surface area (Å²) >= 11 is 0. The number of anilines is 1. The number of amides is 1. The van der Waals surface area contributed by atoms with Gasteiger partial charge in [0.1, 0.15) is 12.4 Å². The lowest BCUT2D eigenvalue weighted by Gasteiger charge is -2.12. The van der Waals surface area contributed by atoms with Gasteiger partial charge in [-0.1, -0.05) is 18.7 Å². The van der Waals surface area contributed by atoms with Crippen LogP contribution in [0.25, 0.3) is 0 Å². The number of ether oxygens (including phenoxy) is 1. The molecule has 0 radical (unpaired) electrons. The molecule has 0 aliphatic heterocycles. The van der Waals surface area contributed by atoms with Crippen molar-refractivity contribution in [3.63, 3.8) is 0 Å². The number of para-hydroxylation sites is 2. The van der Waals surface area contributed by atoms with Crippen LogP contribution in [0.2, 0.25) is 0 Å². The molecular formula is C13H18N2O2. The van der Waals surface area contributed by atoms with Crippen LogP contribution >= 0.6 is 0 Å². The predicted molar refractivity (Wildman–Crippen MR) is 69.3 cm³/mol. The molecule has 0 saturated heterocycles. The molecule has 4 nitrogen and oxygen atoms in total. The zero-order chi connectivity index (χ0) is 12.7. The Kier molecular flexibility index (Phi) is 5.07. The topological polar surface area (TPSA) is 50.4 Å². The highest BCUT2D eigenvalue weighted by atomic mass is 16.5. The lowest BCUT2D eigenvalue weighted by Crippen LogP contribution is -2.26. The molecule has 17 heavy (non-hydrogen) atoms. The summed E-state index contributed by atoms with van der Waals surface area (Å²) in [5.41, 5.74) is 1.75. The Balaban J connectivity index is 2.63.